The first-order chi connectivity index (χ1) is 14.5. The second kappa shape index (κ2) is 19.9. The molecule has 1 aliphatic rings. The van der Waals surface area contributed by atoms with Crippen LogP contribution < -0.4 is 0 Å². The van der Waals surface area contributed by atoms with Gasteiger partial charge in [0.25, 0.3) is 0 Å². The molecule has 30 heavy (non-hydrogen) atoms. The topological polar surface area (TPSA) is 55.8 Å². The van der Waals surface area contributed by atoms with E-state index < -0.39 is 5.60 Å². The fourth-order valence-corrected chi connectivity index (χ4v) is 4.94. The van der Waals surface area contributed by atoms with Gasteiger partial charge in [0.2, 0.25) is 11.5 Å². The van der Waals surface area contributed by atoms with Gasteiger partial charge in [-0.25, -0.2) is 0 Å². The molecule has 0 amide bonds. The number of hydrogen-bond donors (Lipinski definition) is 1. The van der Waals surface area contributed by atoms with E-state index in [-0.39, 0.29) is 29.7 Å². The molecule has 0 saturated carbocycles. The lowest BCUT2D eigenvalue weighted by atomic mass is 9.78. The van der Waals surface area contributed by atoms with Crippen LogP contribution in [0.1, 0.15) is 111 Å². The van der Waals surface area contributed by atoms with Gasteiger partial charge in [-0.3, -0.25) is 4.79 Å². The molecule has 0 aromatic heterocycles. The number of unbranched alkanes of at least 4 members (excludes halogenated alkanes) is 8. The van der Waals surface area contributed by atoms with Crippen LogP contribution >= 0.6 is 12.9 Å². The molecular formula is C24H45BrMgO4. The van der Waals surface area contributed by atoms with E-state index in [2.05, 4.69) is 40.6 Å². The fraction of sp³-hybridized carbons (Fsp3) is 0.875. The molecule has 1 rings (SSSR count). The maximum absolute atomic E-state index is 12.3. The molecule has 0 radical (unpaired) electrons. The zero-order valence-corrected chi connectivity index (χ0v) is 23.1. The minimum absolute atomic E-state index is 0.199. The summed E-state index contributed by atoms with van der Waals surface area (Å²) in [7, 11) is 0. The Bertz CT molecular complexity index is 464. The molecular weight excluding hydrogens is 456 g/mol. The number of halogens is 1. The number of carbonyl (C=O) groups excluding carboxylic acids is 1. The van der Waals surface area contributed by atoms with E-state index in [1.54, 1.807) is 0 Å². The molecule has 1 N–H and O–H groups in total. The molecule has 6 heteroatoms. The van der Waals surface area contributed by atoms with Gasteiger partial charge in [-0.05, 0) is 25.7 Å². The summed E-state index contributed by atoms with van der Waals surface area (Å²) < 4.78 is 12.7. The highest BCUT2D eigenvalue weighted by Crippen LogP contribution is 2.40. The number of aliphatic hydroxyl groups is 1. The van der Waals surface area contributed by atoms with Crippen LogP contribution in [0.5, 0.6) is 0 Å². The summed E-state index contributed by atoms with van der Waals surface area (Å²) in [5.74, 6) is 0.327. The van der Waals surface area contributed by atoms with Crippen LogP contribution in [0.2, 0.25) is 4.55 Å². The van der Waals surface area contributed by atoms with Crippen LogP contribution in [0.15, 0.2) is 11.5 Å². The highest BCUT2D eigenvalue weighted by molar-refractivity contribution is 9.23. The highest BCUT2D eigenvalue weighted by Gasteiger charge is 2.55. The zero-order chi connectivity index (χ0) is 22.7. The summed E-state index contributed by atoms with van der Waals surface area (Å²) >= 11 is 3.74. The van der Waals surface area contributed by atoms with Crippen molar-refractivity contribution in [2.45, 2.75) is 121 Å². The molecule has 1 atom stereocenters. The van der Waals surface area contributed by atoms with E-state index in [0.717, 1.165) is 51.4 Å². The number of ketones is 1. The van der Waals surface area contributed by atoms with Crippen molar-refractivity contribution in [3.8, 4) is 0 Å². The van der Waals surface area contributed by atoms with E-state index in [9.17, 15) is 9.90 Å². The van der Waals surface area contributed by atoms with Crippen LogP contribution in [0, 0.1) is 0 Å². The predicted octanol–water partition coefficient (Wildman–Crippen LogP) is 7.11. The molecule has 0 fully saturated rings. The van der Waals surface area contributed by atoms with Gasteiger partial charge in [0, 0.05) is 0 Å². The molecule has 0 spiro atoms. The molecule has 1 unspecified atom stereocenters. The minimum Gasteiger partial charge on any atom is -0.490 e. The number of Topliss-reactive ketones (excluding diaryl/α,β-unsaturated/α-hetero) is 1. The van der Waals surface area contributed by atoms with E-state index >= 15 is 0 Å². The summed E-state index contributed by atoms with van der Waals surface area (Å²) in [6.45, 7) is 9.58. The number of hydrogen-bond acceptors (Lipinski definition) is 4. The Balaban J connectivity index is 0.000000890. The van der Waals surface area contributed by atoms with Crippen LogP contribution in [0.4, 0.5) is 0 Å². The molecule has 174 valence electrons. The van der Waals surface area contributed by atoms with Crippen LogP contribution in [-0.4, -0.2) is 47.9 Å². The maximum atomic E-state index is 12.3. The van der Waals surface area contributed by atoms with Crippen molar-refractivity contribution in [2.24, 2.45) is 0 Å². The van der Waals surface area contributed by atoms with Gasteiger partial charge in [-0.2, -0.15) is 0 Å². The van der Waals surface area contributed by atoms with Crippen LogP contribution in [0.3, 0.4) is 0 Å². The predicted molar refractivity (Wildman–Crippen MR) is 131 cm³/mol. The maximum Gasteiger partial charge on any atom is 0.468 e. The summed E-state index contributed by atoms with van der Waals surface area (Å²) in [5.41, 5.74) is -1.44. The van der Waals surface area contributed by atoms with E-state index in [1.165, 1.54) is 30.2 Å². The van der Waals surface area contributed by atoms with Gasteiger partial charge in [0.1, 0.15) is 0 Å². The Morgan fingerprint density at radius 3 is 1.87 bits per heavy atom. The monoisotopic (exact) mass is 500 g/mol. The number of ether oxygens (including phenoxy) is 2. The quantitative estimate of drug-likeness (QED) is 0.160. The lowest BCUT2D eigenvalue weighted by molar-refractivity contribution is -0.148. The van der Waals surface area contributed by atoms with Gasteiger partial charge in [-0.1, -0.05) is 85.5 Å². The van der Waals surface area contributed by atoms with Crippen molar-refractivity contribution in [3.05, 3.63) is 11.5 Å². The molecule has 0 aliphatic heterocycles. The van der Waals surface area contributed by atoms with Crippen molar-refractivity contribution in [1.29, 1.82) is 0 Å². The molecule has 0 heterocycles. The number of carbonyl (C=O) groups is 1. The SMILES string of the molecule is CCCCCCC1(O)C(=O)C(OCCCC)=C1OCCCC.CCCCC[CH2][Mg][Br]. The van der Waals surface area contributed by atoms with Gasteiger partial charge in [0.05, 0.1) is 13.2 Å². The fourth-order valence-electron chi connectivity index (χ4n) is 3.21. The Hall–Kier alpha value is 0.216. The van der Waals surface area contributed by atoms with Gasteiger partial charge < -0.3 is 27.5 Å². The molecule has 0 saturated heterocycles. The molecule has 0 aromatic rings. The van der Waals surface area contributed by atoms with E-state index in [1.807, 2.05) is 0 Å². The Morgan fingerprint density at radius 2 is 1.33 bits per heavy atom. The summed E-state index contributed by atoms with van der Waals surface area (Å²) in [5, 5.41) is 10.7. The molecule has 1 aliphatic carbocycles. The van der Waals surface area contributed by atoms with Crippen molar-refractivity contribution >= 4 is 36.9 Å². The molecule has 0 aromatic carbocycles. The zero-order valence-electron chi connectivity index (χ0n) is 20.1. The van der Waals surface area contributed by atoms with Crippen molar-refractivity contribution < 1.29 is 19.4 Å². The second-order valence-electron chi connectivity index (χ2n) is 8.17. The van der Waals surface area contributed by atoms with Crippen LogP contribution in [-0.2, 0) is 14.3 Å². The largest absolute Gasteiger partial charge is 0.490 e. The molecule has 4 nitrogen and oxygen atoms in total. The minimum atomic E-state index is -1.44. The lowest BCUT2D eigenvalue weighted by Gasteiger charge is -2.38. The average molecular weight is 502 g/mol. The lowest BCUT2D eigenvalue weighted by Crippen LogP contribution is -2.52. The average Bonchev–Trinajstić information content (AvgIpc) is 2.76. The standard InChI is InChI=1S/C18H32O4.C6H13.BrH.Mg/c1-4-7-10-11-12-18(20)16(19)15(21-13-8-5-2)17(18)22-14-9-6-3;1-3-5-6-4-2;;/h20H,4-14H2,1-3H3;1,3-6H2,2H3;1H;/q;;;+1/p-1. The summed E-state index contributed by atoms with van der Waals surface area (Å²) in [4.78, 5) is 12.3. The Morgan fingerprint density at radius 1 is 0.800 bits per heavy atom. The third-order valence-corrected chi connectivity index (χ3v) is 7.73. The first-order valence-electron chi connectivity index (χ1n) is 12.4. The highest BCUT2D eigenvalue weighted by atomic mass is 79.9. The van der Waals surface area contributed by atoms with Crippen molar-refractivity contribution in [1.82, 2.24) is 0 Å². The first kappa shape index (κ1) is 30.2. The first-order valence-corrected chi connectivity index (χ1v) is 17.3. The third kappa shape index (κ3) is 11.7. The van der Waals surface area contributed by atoms with Gasteiger partial charge in [-0.15, -0.1) is 4.55 Å². The normalized spacial score (nSPS) is 17.7. The van der Waals surface area contributed by atoms with Gasteiger partial charge in [0.15, 0.2) is 11.4 Å². The Labute approximate surface area is 201 Å². The summed E-state index contributed by atoms with van der Waals surface area (Å²) in [6.07, 6.45) is 14.1. The smallest absolute Gasteiger partial charge is 0.468 e. The van der Waals surface area contributed by atoms with Crippen molar-refractivity contribution in [3.63, 3.8) is 0 Å². The van der Waals surface area contributed by atoms with Crippen LogP contribution in [0.25, 0.3) is 0 Å². The van der Waals surface area contributed by atoms with Gasteiger partial charge >= 0.3 is 18.2 Å². The van der Waals surface area contributed by atoms with E-state index in [0.29, 0.717) is 25.4 Å². The van der Waals surface area contributed by atoms with Crippen molar-refractivity contribution in [2.75, 3.05) is 13.2 Å². The Kier molecular flexibility index (Phi) is 20.0. The second-order valence-corrected chi connectivity index (χ2v) is 11.6. The van der Waals surface area contributed by atoms with E-state index in [4.69, 9.17) is 9.47 Å². The third-order valence-electron chi connectivity index (χ3n) is 5.28. The molecule has 0 bridgehead atoms. The number of rotatable bonds is 18. The summed E-state index contributed by atoms with van der Waals surface area (Å²) in [6, 6.07) is 0.